The Hall–Kier alpha value is -1.07. The van der Waals surface area contributed by atoms with Gasteiger partial charge in [-0.3, -0.25) is 11.3 Å². The van der Waals surface area contributed by atoms with E-state index in [4.69, 9.17) is 5.84 Å². The first-order chi connectivity index (χ1) is 8.88. The van der Waals surface area contributed by atoms with Gasteiger partial charge < -0.3 is 0 Å². The highest BCUT2D eigenvalue weighted by molar-refractivity contribution is 5.25. The van der Waals surface area contributed by atoms with Crippen LogP contribution < -0.4 is 11.3 Å². The van der Waals surface area contributed by atoms with Gasteiger partial charge in [-0.2, -0.15) is 13.2 Å². The molecule has 0 aliphatic rings. The smallest absolute Gasteiger partial charge is 0.271 e. The van der Waals surface area contributed by atoms with Crippen molar-refractivity contribution in [3.8, 4) is 0 Å². The molecular weight excluding hydrogens is 253 g/mol. The fourth-order valence-corrected chi connectivity index (χ4v) is 2.16. The Labute approximate surface area is 112 Å². The van der Waals surface area contributed by atoms with Crippen LogP contribution in [-0.4, -0.2) is 6.04 Å². The van der Waals surface area contributed by atoms with Gasteiger partial charge >= 0.3 is 6.18 Å². The molecule has 1 aromatic carbocycles. The Balaban J connectivity index is 2.71. The number of benzene rings is 1. The standard InChI is InChI=1S/C14H21F3N2/c1-3-4-10(2)13(19-18)9-11-5-7-12(8-6-11)14(15,16)17/h5-8,10,13,19H,3-4,9,18H2,1-2H3. The van der Waals surface area contributed by atoms with E-state index in [1.807, 2.05) is 0 Å². The topological polar surface area (TPSA) is 38.0 Å². The highest BCUT2D eigenvalue weighted by Crippen LogP contribution is 2.29. The van der Waals surface area contributed by atoms with Gasteiger partial charge in [-0.15, -0.1) is 0 Å². The Kier molecular flexibility index (Phi) is 5.82. The minimum Gasteiger partial charge on any atom is -0.271 e. The Morgan fingerprint density at radius 3 is 2.21 bits per heavy atom. The van der Waals surface area contributed by atoms with Crippen LogP contribution in [-0.2, 0) is 12.6 Å². The quantitative estimate of drug-likeness (QED) is 0.615. The Bertz CT molecular complexity index is 373. The van der Waals surface area contributed by atoms with Gasteiger partial charge in [-0.05, 0) is 36.5 Å². The van der Waals surface area contributed by atoms with Gasteiger partial charge in [0.2, 0.25) is 0 Å². The third-order valence-corrected chi connectivity index (χ3v) is 3.38. The zero-order valence-electron chi connectivity index (χ0n) is 11.3. The molecule has 0 aliphatic heterocycles. The van der Waals surface area contributed by atoms with Crippen molar-refractivity contribution in [1.82, 2.24) is 5.43 Å². The van der Waals surface area contributed by atoms with E-state index in [1.54, 1.807) is 0 Å². The lowest BCUT2D eigenvalue weighted by Crippen LogP contribution is -2.41. The molecule has 2 nitrogen and oxygen atoms in total. The van der Waals surface area contributed by atoms with E-state index in [0.717, 1.165) is 30.5 Å². The molecule has 0 aliphatic carbocycles. The molecule has 0 heterocycles. The van der Waals surface area contributed by atoms with Crippen LogP contribution in [0.4, 0.5) is 13.2 Å². The highest BCUT2D eigenvalue weighted by atomic mass is 19.4. The lowest BCUT2D eigenvalue weighted by Gasteiger charge is -2.23. The third kappa shape index (κ3) is 4.84. The molecule has 0 saturated carbocycles. The van der Waals surface area contributed by atoms with Gasteiger partial charge in [0.15, 0.2) is 0 Å². The molecule has 1 aromatic rings. The predicted octanol–water partition coefficient (Wildman–Crippen LogP) is 3.52. The number of nitrogens with one attached hydrogen (secondary N) is 1. The third-order valence-electron chi connectivity index (χ3n) is 3.38. The lowest BCUT2D eigenvalue weighted by atomic mass is 9.92. The SMILES string of the molecule is CCCC(C)C(Cc1ccc(C(F)(F)F)cc1)NN. The van der Waals surface area contributed by atoms with Crippen molar-refractivity contribution in [3.63, 3.8) is 0 Å². The summed E-state index contributed by atoms with van der Waals surface area (Å²) >= 11 is 0. The maximum absolute atomic E-state index is 12.4. The van der Waals surface area contributed by atoms with E-state index in [1.165, 1.54) is 12.1 Å². The van der Waals surface area contributed by atoms with Gasteiger partial charge in [0.1, 0.15) is 0 Å². The molecule has 2 atom stereocenters. The van der Waals surface area contributed by atoms with Crippen molar-refractivity contribution in [2.24, 2.45) is 11.8 Å². The average Bonchev–Trinajstić information content (AvgIpc) is 2.35. The summed E-state index contributed by atoms with van der Waals surface area (Å²) in [5.74, 6) is 5.91. The number of rotatable bonds is 6. The molecule has 5 heteroatoms. The molecule has 19 heavy (non-hydrogen) atoms. The zero-order valence-corrected chi connectivity index (χ0v) is 11.3. The van der Waals surface area contributed by atoms with Crippen molar-refractivity contribution in [3.05, 3.63) is 35.4 Å². The van der Waals surface area contributed by atoms with E-state index in [2.05, 4.69) is 19.3 Å². The minimum absolute atomic E-state index is 0.0803. The van der Waals surface area contributed by atoms with Gasteiger partial charge in [0.05, 0.1) is 5.56 Å². The number of alkyl halides is 3. The summed E-state index contributed by atoms with van der Waals surface area (Å²) in [5.41, 5.74) is 3.00. The summed E-state index contributed by atoms with van der Waals surface area (Å²) in [6.45, 7) is 4.19. The first-order valence-electron chi connectivity index (χ1n) is 6.50. The van der Waals surface area contributed by atoms with E-state index in [-0.39, 0.29) is 6.04 Å². The maximum atomic E-state index is 12.4. The monoisotopic (exact) mass is 274 g/mol. The number of hydrazine groups is 1. The summed E-state index contributed by atoms with van der Waals surface area (Å²) in [7, 11) is 0. The van der Waals surface area contributed by atoms with Crippen molar-refractivity contribution < 1.29 is 13.2 Å². The van der Waals surface area contributed by atoms with Crippen LogP contribution in [0.3, 0.4) is 0 Å². The molecule has 0 spiro atoms. The second kappa shape index (κ2) is 6.91. The number of halogens is 3. The highest BCUT2D eigenvalue weighted by Gasteiger charge is 2.30. The van der Waals surface area contributed by atoms with E-state index in [0.29, 0.717) is 12.3 Å². The van der Waals surface area contributed by atoms with Crippen molar-refractivity contribution in [1.29, 1.82) is 0 Å². The Morgan fingerprint density at radius 1 is 1.21 bits per heavy atom. The second-order valence-corrected chi connectivity index (χ2v) is 4.94. The van der Waals surface area contributed by atoms with Crippen molar-refractivity contribution in [2.75, 3.05) is 0 Å². The molecule has 108 valence electrons. The summed E-state index contributed by atoms with van der Waals surface area (Å²) in [6.07, 6.45) is -1.54. The first-order valence-corrected chi connectivity index (χ1v) is 6.50. The molecule has 0 aromatic heterocycles. The minimum atomic E-state index is -4.28. The summed E-state index contributed by atoms with van der Waals surface area (Å²) in [6, 6.07) is 5.36. The fourth-order valence-electron chi connectivity index (χ4n) is 2.16. The van der Waals surface area contributed by atoms with Crippen LogP contribution in [0, 0.1) is 5.92 Å². The molecule has 0 saturated heterocycles. The summed E-state index contributed by atoms with van der Waals surface area (Å²) in [5, 5.41) is 0. The summed E-state index contributed by atoms with van der Waals surface area (Å²) < 4.78 is 37.3. The van der Waals surface area contributed by atoms with Crippen LogP contribution in [0.25, 0.3) is 0 Å². The largest absolute Gasteiger partial charge is 0.416 e. The number of nitrogens with two attached hydrogens (primary N) is 1. The Morgan fingerprint density at radius 2 is 1.79 bits per heavy atom. The zero-order chi connectivity index (χ0) is 14.5. The number of hydrogen-bond donors (Lipinski definition) is 2. The first kappa shape index (κ1) is 16.0. The van der Waals surface area contributed by atoms with E-state index in [9.17, 15) is 13.2 Å². The average molecular weight is 274 g/mol. The van der Waals surface area contributed by atoms with Gasteiger partial charge in [-0.25, -0.2) is 0 Å². The van der Waals surface area contributed by atoms with Gasteiger partial charge in [0.25, 0.3) is 0 Å². The van der Waals surface area contributed by atoms with Crippen molar-refractivity contribution in [2.45, 2.75) is 45.3 Å². The van der Waals surface area contributed by atoms with E-state index >= 15 is 0 Å². The molecule has 0 amide bonds. The number of hydrogen-bond acceptors (Lipinski definition) is 2. The molecule has 3 N–H and O–H groups in total. The molecule has 0 fully saturated rings. The van der Waals surface area contributed by atoms with Gasteiger partial charge in [-0.1, -0.05) is 32.4 Å². The second-order valence-electron chi connectivity index (χ2n) is 4.94. The van der Waals surface area contributed by atoms with E-state index < -0.39 is 11.7 Å². The van der Waals surface area contributed by atoms with Crippen LogP contribution in [0.1, 0.15) is 37.8 Å². The van der Waals surface area contributed by atoms with Crippen molar-refractivity contribution >= 4 is 0 Å². The fraction of sp³-hybridized carbons (Fsp3) is 0.571. The van der Waals surface area contributed by atoms with Crippen LogP contribution in [0.5, 0.6) is 0 Å². The summed E-state index contributed by atoms with van der Waals surface area (Å²) in [4.78, 5) is 0. The normalized spacial score (nSPS) is 15.3. The van der Waals surface area contributed by atoms with Gasteiger partial charge in [0, 0.05) is 6.04 Å². The molecular formula is C14H21F3N2. The lowest BCUT2D eigenvalue weighted by molar-refractivity contribution is -0.137. The predicted molar refractivity (Wildman–Crippen MR) is 70.3 cm³/mol. The maximum Gasteiger partial charge on any atom is 0.416 e. The molecule has 2 unspecified atom stereocenters. The van der Waals surface area contributed by atoms with Crippen LogP contribution >= 0.6 is 0 Å². The molecule has 0 radical (unpaired) electrons. The van der Waals surface area contributed by atoms with Crippen LogP contribution in [0.15, 0.2) is 24.3 Å². The van der Waals surface area contributed by atoms with Crippen LogP contribution in [0.2, 0.25) is 0 Å². The molecule has 0 bridgehead atoms. The molecule has 1 rings (SSSR count).